The zero-order valence-electron chi connectivity index (χ0n) is 14.2. The first-order valence-electron chi connectivity index (χ1n) is 7.73. The molecule has 2 N–H and O–H groups in total. The highest BCUT2D eigenvalue weighted by molar-refractivity contribution is 5.97. The van der Waals surface area contributed by atoms with E-state index in [4.69, 9.17) is 14.2 Å². The van der Waals surface area contributed by atoms with E-state index < -0.39 is 18.5 Å². The molecule has 0 aliphatic heterocycles. The molecule has 3 aromatic rings. The van der Waals surface area contributed by atoms with Crippen LogP contribution in [-0.2, 0) is 9.53 Å². The lowest BCUT2D eigenvalue weighted by Gasteiger charge is -2.12. The summed E-state index contributed by atoms with van der Waals surface area (Å²) in [6.07, 6.45) is 1.54. The molecule has 0 radical (unpaired) electrons. The molecular weight excluding hydrogens is 338 g/mol. The number of ether oxygens (including phenoxy) is 3. The standard InChI is InChI=1S/C18H17N3O5/c1-24-12-4-6-16(25-2)15(8-12)21-17(22)9-26-18(23)11-3-5-13-14(7-11)20-10-19-13/h3-8,10H,9H2,1-2H3,(H,19,20)(H,21,22). The second-order valence-electron chi connectivity index (χ2n) is 5.32. The SMILES string of the molecule is COc1ccc(OC)c(NC(=O)COC(=O)c2ccc3nc[nH]c3c2)c1. The van der Waals surface area contributed by atoms with Gasteiger partial charge in [-0.3, -0.25) is 4.79 Å². The Morgan fingerprint density at radius 3 is 2.73 bits per heavy atom. The maximum atomic E-state index is 12.1. The summed E-state index contributed by atoms with van der Waals surface area (Å²) >= 11 is 0. The van der Waals surface area contributed by atoms with Crippen LogP contribution >= 0.6 is 0 Å². The molecule has 8 heteroatoms. The minimum atomic E-state index is -0.603. The van der Waals surface area contributed by atoms with E-state index in [0.717, 1.165) is 5.52 Å². The number of carbonyl (C=O) groups excluding carboxylic acids is 2. The van der Waals surface area contributed by atoms with Crippen LogP contribution in [0.3, 0.4) is 0 Å². The number of methoxy groups -OCH3 is 2. The molecule has 134 valence electrons. The zero-order chi connectivity index (χ0) is 18.5. The number of H-pyrrole nitrogens is 1. The normalized spacial score (nSPS) is 10.4. The van der Waals surface area contributed by atoms with Crippen molar-refractivity contribution in [3.63, 3.8) is 0 Å². The van der Waals surface area contributed by atoms with Crippen molar-refractivity contribution in [1.29, 1.82) is 0 Å². The van der Waals surface area contributed by atoms with Crippen LogP contribution in [0.15, 0.2) is 42.7 Å². The molecule has 0 atom stereocenters. The Balaban J connectivity index is 1.62. The summed E-state index contributed by atoms with van der Waals surface area (Å²) in [5.41, 5.74) is 2.20. The van der Waals surface area contributed by atoms with Gasteiger partial charge in [0.2, 0.25) is 0 Å². The molecule has 0 fully saturated rings. The Morgan fingerprint density at radius 2 is 1.96 bits per heavy atom. The molecule has 0 spiro atoms. The lowest BCUT2D eigenvalue weighted by molar-refractivity contribution is -0.119. The monoisotopic (exact) mass is 355 g/mol. The third kappa shape index (κ3) is 3.75. The van der Waals surface area contributed by atoms with Crippen LogP contribution in [0.2, 0.25) is 0 Å². The zero-order valence-corrected chi connectivity index (χ0v) is 14.2. The van der Waals surface area contributed by atoms with Crippen LogP contribution < -0.4 is 14.8 Å². The summed E-state index contributed by atoms with van der Waals surface area (Å²) in [5.74, 6) is -0.0668. The molecule has 0 aliphatic rings. The fourth-order valence-electron chi connectivity index (χ4n) is 2.38. The van der Waals surface area contributed by atoms with Gasteiger partial charge >= 0.3 is 5.97 Å². The second kappa shape index (κ2) is 7.56. The predicted molar refractivity (Wildman–Crippen MR) is 94.6 cm³/mol. The number of hydrogen-bond donors (Lipinski definition) is 2. The largest absolute Gasteiger partial charge is 0.497 e. The van der Waals surface area contributed by atoms with Gasteiger partial charge < -0.3 is 24.5 Å². The van der Waals surface area contributed by atoms with Crippen LogP contribution in [0, 0.1) is 0 Å². The molecule has 0 saturated carbocycles. The van der Waals surface area contributed by atoms with Crippen LogP contribution in [-0.4, -0.2) is 42.7 Å². The molecule has 0 saturated heterocycles. The third-order valence-corrected chi connectivity index (χ3v) is 3.67. The van der Waals surface area contributed by atoms with E-state index in [9.17, 15) is 9.59 Å². The van der Waals surface area contributed by atoms with E-state index in [1.807, 2.05) is 0 Å². The number of nitrogens with zero attached hydrogens (tertiary/aromatic N) is 1. The second-order valence-corrected chi connectivity index (χ2v) is 5.32. The van der Waals surface area contributed by atoms with Crippen LogP contribution in [0.4, 0.5) is 5.69 Å². The Kier molecular flexibility index (Phi) is 5.02. The van der Waals surface area contributed by atoms with Crippen LogP contribution in [0.1, 0.15) is 10.4 Å². The summed E-state index contributed by atoms with van der Waals surface area (Å²) in [4.78, 5) is 31.2. The van der Waals surface area contributed by atoms with Crippen molar-refractivity contribution in [2.45, 2.75) is 0 Å². The highest BCUT2D eigenvalue weighted by atomic mass is 16.5. The van der Waals surface area contributed by atoms with E-state index >= 15 is 0 Å². The van der Waals surface area contributed by atoms with Crippen molar-refractivity contribution in [1.82, 2.24) is 9.97 Å². The maximum absolute atomic E-state index is 12.1. The first-order valence-corrected chi connectivity index (χ1v) is 7.73. The van der Waals surface area contributed by atoms with Crippen molar-refractivity contribution in [3.05, 3.63) is 48.3 Å². The van der Waals surface area contributed by atoms with Crippen LogP contribution in [0.25, 0.3) is 11.0 Å². The van der Waals surface area contributed by atoms with Gasteiger partial charge in [0.25, 0.3) is 5.91 Å². The number of imidazole rings is 1. The highest BCUT2D eigenvalue weighted by Crippen LogP contribution is 2.28. The molecule has 0 aliphatic carbocycles. The third-order valence-electron chi connectivity index (χ3n) is 3.67. The number of aromatic amines is 1. The van der Waals surface area contributed by atoms with Crippen molar-refractivity contribution in [3.8, 4) is 11.5 Å². The fraction of sp³-hybridized carbons (Fsp3) is 0.167. The van der Waals surface area contributed by atoms with Gasteiger partial charge in [-0.25, -0.2) is 9.78 Å². The number of esters is 1. The molecule has 8 nitrogen and oxygen atoms in total. The molecule has 26 heavy (non-hydrogen) atoms. The van der Waals surface area contributed by atoms with Gasteiger partial charge in [0.05, 0.1) is 42.8 Å². The Hall–Kier alpha value is -3.55. The number of anilines is 1. The summed E-state index contributed by atoms with van der Waals surface area (Å²) in [5, 5.41) is 2.63. The number of carbonyl (C=O) groups is 2. The van der Waals surface area contributed by atoms with Gasteiger partial charge in [-0.2, -0.15) is 0 Å². The lowest BCUT2D eigenvalue weighted by atomic mass is 10.2. The average molecular weight is 355 g/mol. The van der Waals surface area contributed by atoms with Crippen molar-refractivity contribution >= 4 is 28.6 Å². The van der Waals surface area contributed by atoms with Gasteiger partial charge in [0.15, 0.2) is 6.61 Å². The van der Waals surface area contributed by atoms with Crippen molar-refractivity contribution < 1.29 is 23.8 Å². The first kappa shape index (κ1) is 17.3. The van der Waals surface area contributed by atoms with E-state index in [1.165, 1.54) is 20.5 Å². The Morgan fingerprint density at radius 1 is 1.12 bits per heavy atom. The Labute approximate surface area is 149 Å². The topological polar surface area (TPSA) is 103 Å². The lowest BCUT2D eigenvalue weighted by Crippen LogP contribution is -2.21. The number of fused-ring (bicyclic) bond motifs is 1. The van der Waals surface area contributed by atoms with Gasteiger partial charge in [-0.05, 0) is 30.3 Å². The van der Waals surface area contributed by atoms with Crippen molar-refractivity contribution in [2.75, 3.05) is 26.1 Å². The quantitative estimate of drug-likeness (QED) is 0.658. The minimum absolute atomic E-state index is 0.327. The molecule has 3 rings (SSSR count). The highest BCUT2D eigenvalue weighted by Gasteiger charge is 2.13. The van der Waals surface area contributed by atoms with E-state index in [-0.39, 0.29) is 0 Å². The summed E-state index contributed by atoms with van der Waals surface area (Å²) in [7, 11) is 3.01. The number of rotatable bonds is 6. The summed E-state index contributed by atoms with van der Waals surface area (Å²) in [6.45, 7) is -0.430. The molecule has 1 heterocycles. The van der Waals surface area contributed by atoms with Gasteiger partial charge in [-0.15, -0.1) is 0 Å². The maximum Gasteiger partial charge on any atom is 0.338 e. The number of aromatic nitrogens is 2. The Bertz CT molecular complexity index is 951. The van der Waals surface area contributed by atoms with Gasteiger partial charge in [-0.1, -0.05) is 0 Å². The molecule has 2 aromatic carbocycles. The van der Waals surface area contributed by atoms with E-state index in [1.54, 1.807) is 36.4 Å². The molecule has 0 unspecified atom stereocenters. The van der Waals surface area contributed by atoms with E-state index in [0.29, 0.717) is 28.3 Å². The van der Waals surface area contributed by atoms with E-state index in [2.05, 4.69) is 15.3 Å². The smallest absolute Gasteiger partial charge is 0.338 e. The average Bonchev–Trinajstić information content (AvgIpc) is 3.13. The summed E-state index contributed by atoms with van der Waals surface area (Å²) < 4.78 is 15.4. The number of hydrogen-bond acceptors (Lipinski definition) is 6. The fourth-order valence-corrected chi connectivity index (χ4v) is 2.38. The molecule has 1 aromatic heterocycles. The molecule has 1 amide bonds. The molecule has 0 bridgehead atoms. The van der Waals surface area contributed by atoms with Gasteiger partial charge in [0, 0.05) is 6.07 Å². The number of nitrogens with one attached hydrogen (secondary N) is 2. The van der Waals surface area contributed by atoms with Crippen LogP contribution in [0.5, 0.6) is 11.5 Å². The predicted octanol–water partition coefficient (Wildman–Crippen LogP) is 2.38. The van der Waals surface area contributed by atoms with Gasteiger partial charge in [0.1, 0.15) is 11.5 Å². The summed E-state index contributed by atoms with van der Waals surface area (Å²) in [6, 6.07) is 9.90. The first-order chi connectivity index (χ1) is 12.6. The van der Waals surface area contributed by atoms with Crippen molar-refractivity contribution in [2.24, 2.45) is 0 Å². The molecular formula is C18H17N3O5. The number of amides is 1. The number of benzene rings is 2. The minimum Gasteiger partial charge on any atom is -0.497 e.